The van der Waals surface area contributed by atoms with Gasteiger partial charge in [-0.25, -0.2) is 0 Å². The van der Waals surface area contributed by atoms with Crippen LogP contribution in [0.1, 0.15) is 5.56 Å². The van der Waals surface area contributed by atoms with Crippen molar-refractivity contribution < 1.29 is 27.4 Å². The Bertz CT molecular complexity index is 820. The molecule has 0 heterocycles. The Kier molecular flexibility index (Phi) is 6.70. The number of alkyl halides is 3. The van der Waals surface area contributed by atoms with Gasteiger partial charge in [0.15, 0.2) is 0 Å². The molecule has 27 heavy (non-hydrogen) atoms. The molecule has 0 aromatic heterocycles. The molecule has 0 aliphatic rings. The van der Waals surface area contributed by atoms with Gasteiger partial charge in [0.1, 0.15) is 18.0 Å². The number of anilines is 2. The smallest absolute Gasteiger partial charge is 0.405 e. The maximum absolute atomic E-state index is 12.4. The van der Waals surface area contributed by atoms with Crippen LogP contribution in [-0.4, -0.2) is 32.8 Å². The topological polar surface area (TPSA) is 59.6 Å². The summed E-state index contributed by atoms with van der Waals surface area (Å²) in [5.41, 5.74) is 1.04. The second-order valence-electron chi connectivity index (χ2n) is 5.44. The van der Waals surface area contributed by atoms with E-state index in [2.05, 4.69) is 10.6 Å². The second kappa shape index (κ2) is 8.98. The molecule has 0 radical (unpaired) electrons. The maximum atomic E-state index is 12.4. The fourth-order valence-corrected chi connectivity index (χ4v) is 2.25. The Balaban J connectivity index is 2.11. The van der Waals surface area contributed by atoms with E-state index >= 15 is 0 Å². The Morgan fingerprint density at radius 2 is 1.78 bits per heavy atom. The third-order valence-corrected chi connectivity index (χ3v) is 3.52. The molecule has 5 nitrogen and oxygen atoms in total. The first-order valence-electron chi connectivity index (χ1n) is 7.93. The van der Waals surface area contributed by atoms with E-state index in [0.717, 1.165) is 0 Å². The van der Waals surface area contributed by atoms with Crippen LogP contribution in [0.15, 0.2) is 48.5 Å². The highest BCUT2D eigenvalue weighted by atomic mass is 19.4. The molecule has 0 unspecified atom stereocenters. The van der Waals surface area contributed by atoms with Gasteiger partial charge in [0, 0.05) is 11.6 Å². The molecule has 2 rings (SSSR count). The zero-order valence-electron chi connectivity index (χ0n) is 14.8. The summed E-state index contributed by atoms with van der Waals surface area (Å²) in [6.45, 7) is -1.20. The summed E-state index contributed by atoms with van der Waals surface area (Å²) in [4.78, 5) is 12.2. The van der Waals surface area contributed by atoms with Crippen molar-refractivity contribution in [1.29, 1.82) is 0 Å². The number of amides is 1. The normalized spacial score (nSPS) is 11.3. The fourth-order valence-electron chi connectivity index (χ4n) is 2.25. The largest absolute Gasteiger partial charge is 0.497 e. The second-order valence-corrected chi connectivity index (χ2v) is 5.44. The maximum Gasteiger partial charge on any atom is 0.405 e. The lowest BCUT2D eigenvalue weighted by Gasteiger charge is -2.13. The van der Waals surface area contributed by atoms with Gasteiger partial charge in [-0.2, -0.15) is 13.2 Å². The van der Waals surface area contributed by atoms with Gasteiger partial charge in [0.25, 0.3) is 0 Å². The lowest BCUT2D eigenvalue weighted by Crippen LogP contribution is -2.22. The Hall–Kier alpha value is -3.16. The highest BCUT2D eigenvalue weighted by molar-refractivity contribution is 6.03. The van der Waals surface area contributed by atoms with Gasteiger partial charge in [0.2, 0.25) is 5.91 Å². The Morgan fingerprint density at radius 1 is 1.07 bits per heavy atom. The van der Waals surface area contributed by atoms with Crippen molar-refractivity contribution >= 4 is 23.4 Å². The highest BCUT2D eigenvalue weighted by Crippen LogP contribution is 2.26. The van der Waals surface area contributed by atoms with Gasteiger partial charge in [-0.3, -0.25) is 4.79 Å². The van der Waals surface area contributed by atoms with Crippen molar-refractivity contribution in [3.8, 4) is 11.5 Å². The zero-order chi connectivity index (χ0) is 19.9. The molecule has 0 atom stereocenters. The number of halogens is 3. The predicted octanol–water partition coefficient (Wildman–Crippen LogP) is 4.33. The van der Waals surface area contributed by atoms with Crippen molar-refractivity contribution in [3.63, 3.8) is 0 Å². The van der Waals surface area contributed by atoms with Crippen molar-refractivity contribution in [1.82, 2.24) is 0 Å². The van der Waals surface area contributed by atoms with Crippen LogP contribution >= 0.6 is 0 Å². The molecule has 0 aliphatic carbocycles. The number of rotatable bonds is 7. The summed E-state index contributed by atoms with van der Waals surface area (Å²) in [5.74, 6) is 0.644. The number of ether oxygens (including phenoxy) is 2. The van der Waals surface area contributed by atoms with Gasteiger partial charge in [-0.15, -0.1) is 0 Å². The molecular weight excluding hydrogens is 361 g/mol. The van der Waals surface area contributed by atoms with Crippen LogP contribution in [0.5, 0.6) is 11.5 Å². The first kappa shape index (κ1) is 20.2. The van der Waals surface area contributed by atoms with Gasteiger partial charge < -0.3 is 20.1 Å². The molecule has 1 amide bonds. The van der Waals surface area contributed by atoms with E-state index in [4.69, 9.17) is 9.47 Å². The van der Waals surface area contributed by atoms with Crippen molar-refractivity contribution in [2.75, 3.05) is 31.4 Å². The molecule has 2 aromatic rings. The minimum atomic E-state index is -4.36. The lowest BCUT2D eigenvalue weighted by atomic mass is 10.1. The van der Waals surface area contributed by atoms with Crippen LogP contribution in [0.2, 0.25) is 0 Å². The van der Waals surface area contributed by atoms with E-state index in [-0.39, 0.29) is 11.4 Å². The van der Waals surface area contributed by atoms with E-state index < -0.39 is 18.6 Å². The average Bonchev–Trinajstić information content (AvgIpc) is 2.64. The molecule has 0 bridgehead atoms. The summed E-state index contributed by atoms with van der Waals surface area (Å²) in [5, 5.41) is 4.82. The summed E-state index contributed by atoms with van der Waals surface area (Å²) < 4.78 is 47.5. The lowest BCUT2D eigenvalue weighted by molar-refractivity contribution is -0.115. The summed E-state index contributed by atoms with van der Waals surface area (Å²) >= 11 is 0. The SMILES string of the molecule is COc1ccc(OC)c(/C=C/C(=O)Nc2ccccc2NCC(F)(F)F)c1. The number of benzene rings is 2. The number of carbonyl (C=O) groups is 1. The zero-order valence-corrected chi connectivity index (χ0v) is 14.8. The molecule has 8 heteroatoms. The minimum absolute atomic E-state index is 0.176. The predicted molar refractivity (Wildman–Crippen MR) is 98.2 cm³/mol. The van der Waals surface area contributed by atoms with Crippen LogP contribution in [0, 0.1) is 0 Å². The molecule has 0 saturated heterocycles. The van der Waals surface area contributed by atoms with Gasteiger partial charge >= 0.3 is 6.18 Å². The van der Waals surface area contributed by atoms with Crippen LogP contribution < -0.4 is 20.1 Å². The minimum Gasteiger partial charge on any atom is -0.497 e. The monoisotopic (exact) mass is 380 g/mol. The molecule has 0 fully saturated rings. The third-order valence-electron chi connectivity index (χ3n) is 3.52. The average molecular weight is 380 g/mol. The van der Waals surface area contributed by atoms with E-state index in [1.807, 2.05) is 0 Å². The molecule has 0 aliphatic heterocycles. The first-order chi connectivity index (χ1) is 12.8. The number of carbonyl (C=O) groups excluding carboxylic acids is 1. The fraction of sp³-hybridized carbons (Fsp3) is 0.211. The van der Waals surface area contributed by atoms with Crippen molar-refractivity contribution in [2.24, 2.45) is 0 Å². The molecule has 2 N–H and O–H groups in total. The van der Waals surface area contributed by atoms with Gasteiger partial charge in [0.05, 0.1) is 25.6 Å². The quantitative estimate of drug-likeness (QED) is 0.702. The van der Waals surface area contributed by atoms with Crippen LogP contribution in [0.3, 0.4) is 0 Å². The molecular formula is C19H19F3N2O3. The number of methoxy groups -OCH3 is 2. The molecule has 0 spiro atoms. The van der Waals surface area contributed by atoms with E-state index in [9.17, 15) is 18.0 Å². The van der Waals surface area contributed by atoms with Crippen molar-refractivity contribution in [2.45, 2.75) is 6.18 Å². The van der Waals surface area contributed by atoms with E-state index in [0.29, 0.717) is 17.1 Å². The van der Waals surface area contributed by atoms with Gasteiger partial charge in [-0.1, -0.05) is 12.1 Å². The summed E-state index contributed by atoms with van der Waals surface area (Å²) in [6, 6.07) is 11.3. The summed E-state index contributed by atoms with van der Waals surface area (Å²) in [7, 11) is 3.02. The number of hydrogen-bond donors (Lipinski definition) is 2. The first-order valence-corrected chi connectivity index (χ1v) is 7.93. The number of para-hydroxylation sites is 2. The third kappa shape index (κ3) is 6.25. The van der Waals surface area contributed by atoms with Crippen LogP contribution in [0.25, 0.3) is 6.08 Å². The summed E-state index contributed by atoms with van der Waals surface area (Å²) in [6.07, 6.45) is -1.57. The van der Waals surface area contributed by atoms with Gasteiger partial charge in [-0.05, 0) is 36.4 Å². The van der Waals surface area contributed by atoms with E-state index in [1.54, 1.807) is 30.3 Å². The Labute approximate surface area is 154 Å². The molecule has 2 aromatic carbocycles. The number of nitrogens with one attached hydrogen (secondary N) is 2. The van der Waals surface area contributed by atoms with Crippen molar-refractivity contribution in [3.05, 3.63) is 54.1 Å². The highest BCUT2D eigenvalue weighted by Gasteiger charge is 2.26. The van der Waals surface area contributed by atoms with E-state index in [1.165, 1.54) is 38.5 Å². The van der Waals surface area contributed by atoms with Crippen LogP contribution in [-0.2, 0) is 4.79 Å². The molecule has 0 saturated carbocycles. The number of hydrogen-bond acceptors (Lipinski definition) is 4. The molecule has 144 valence electrons. The Morgan fingerprint density at radius 3 is 2.41 bits per heavy atom. The van der Waals surface area contributed by atoms with Crippen LogP contribution in [0.4, 0.5) is 24.5 Å². The standard InChI is InChI=1S/C19H19F3N2O3/c1-26-14-8-9-17(27-2)13(11-14)7-10-18(25)24-16-6-4-3-5-15(16)23-12-19(20,21)22/h3-11,23H,12H2,1-2H3,(H,24,25)/b10-7+.